The number of hydrogen-bond donors (Lipinski definition) is 1. The van der Waals surface area contributed by atoms with Crippen molar-refractivity contribution in [1.29, 1.82) is 0 Å². The van der Waals surface area contributed by atoms with E-state index in [1.54, 1.807) is 12.3 Å². The minimum atomic E-state index is 0.190. The van der Waals surface area contributed by atoms with Crippen LogP contribution in [0.2, 0.25) is 0 Å². The van der Waals surface area contributed by atoms with Crippen LogP contribution in [0.25, 0.3) is 21.9 Å². The summed E-state index contributed by atoms with van der Waals surface area (Å²) in [6.45, 7) is 0. The van der Waals surface area contributed by atoms with Crippen molar-refractivity contribution in [3.8, 4) is 16.9 Å². The smallest absolute Gasteiger partial charge is 0.134 e. The Labute approximate surface area is 99.2 Å². The highest BCUT2D eigenvalue weighted by molar-refractivity contribution is 5.87. The van der Waals surface area contributed by atoms with Crippen LogP contribution in [0.15, 0.2) is 60.9 Å². The van der Waals surface area contributed by atoms with E-state index in [-0.39, 0.29) is 5.75 Å². The van der Waals surface area contributed by atoms with Crippen LogP contribution in [0, 0.1) is 0 Å². The highest BCUT2D eigenvalue weighted by Crippen LogP contribution is 2.25. The predicted octanol–water partition coefficient (Wildman–Crippen LogP) is 3.61. The van der Waals surface area contributed by atoms with E-state index in [1.165, 1.54) is 17.0 Å². The third-order valence-electron chi connectivity index (χ3n) is 2.81. The average Bonchev–Trinajstić information content (AvgIpc) is 2.38. The first-order valence-corrected chi connectivity index (χ1v) is 5.46. The second-order valence-corrected chi connectivity index (χ2v) is 3.99. The molecule has 0 amide bonds. The Morgan fingerprint density at radius 1 is 0.765 bits per heavy atom. The Bertz CT molecular complexity index is 676. The number of pyridine rings is 1. The van der Waals surface area contributed by atoms with E-state index in [0.29, 0.717) is 0 Å². The fourth-order valence-electron chi connectivity index (χ4n) is 1.95. The minimum Gasteiger partial charge on any atom is -0.506 e. The van der Waals surface area contributed by atoms with E-state index < -0.39 is 0 Å². The van der Waals surface area contributed by atoms with Crippen molar-refractivity contribution in [1.82, 2.24) is 4.98 Å². The van der Waals surface area contributed by atoms with E-state index in [0.717, 1.165) is 11.1 Å². The molecule has 1 heterocycles. The molecule has 2 heteroatoms. The molecule has 0 fully saturated rings. The Morgan fingerprint density at radius 2 is 1.59 bits per heavy atom. The molecule has 0 spiro atoms. The summed E-state index contributed by atoms with van der Waals surface area (Å²) >= 11 is 0. The normalized spacial score (nSPS) is 10.6. The second kappa shape index (κ2) is 3.91. The fraction of sp³-hybridized carbons (Fsp3) is 0. The molecular formula is C15H11NO. The molecular weight excluding hydrogens is 210 g/mol. The van der Waals surface area contributed by atoms with Gasteiger partial charge in [0.15, 0.2) is 0 Å². The van der Waals surface area contributed by atoms with Gasteiger partial charge in [0.1, 0.15) is 5.75 Å². The van der Waals surface area contributed by atoms with Gasteiger partial charge in [-0.25, -0.2) is 0 Å². The summed E-state index contributed by atoms with van der Waals surface area (Å²) in [6.07, 6.45) is 3.19. The molecule has 0 saturated carbocycles. The number of fused-ring (bicyclic) bond motifs is 1. The molecule has 0 aliphatic rings. The van der Waals surface area contributed by atoms with Crippen LogP contribution < -0.4 is 0 Å². The quantitative estimate of drug-likeness (QED) is 0.681. The zero-order valence-corrected chi connectivity index (χ0v) is 9.17. The van der Waals surface area contributed by atoms with Crippen molar-refractivity contribution in [3.05, 3.63) is 60.9 Å². The highest BCUT2D eigenvalue weighted by atomic mass is 16.3. The van der Waals surface area contributed by atoms with E-state index in [2.05, 4.69) is 29.2 Å². The SMILES string of the molecule is Oc1cncc(-c2ccc3ccccc3c2)c1. The summed E-state index contributed by atoms with van der Waals surface area (Å²) in [5.74, 6) is 0.190. The van der Waals surface area contributed by atoms with Gasteiger partial charge in [0.25, 0.3) is 0 Å². The molecule has 17 heavy (non-hydrogen) atoms. The van der Waals surface area contributed by atoms with Gasteiger partial charge in [-0.05, 0) is 28.5 Å². The van der Waals surface area contributed by atoms with Crippen molar-refractivity contribution in [2.75, 3.05) is 0 Å². The summed E-state index contributed by atoms with van der Waals surface area (Å²) in [5, 5.41) is 11.8. The Hall–Kier alpha value is -2.35. The van der Waals surface area contributed by atoms with Crippen LogP contribution in [0.3, 0.4) is 0 Å². The molecule has 3 aromatic rings. The number of hydrogen-bond acceptors (Lipinski definition) is 2. The minimum absolute atomic E-state index is 0.190. The van der Waals surface area contributed by atoms with Gasteiger partial charge in [-0.3, -0.25) is 4.98 Å². The lowest BCUT2D eigenvalue weighted by Crippen LogP contribution is -1.80. The summed E-state index contributed by atoms with van der Waals surface area (Å²) in [7, 11) is 0. The van der Waals surface area contributed by atoms with Gasteiger partial charge < -0.3 is 5.11 Å². The van der Waals surface area contributed by atoms with Crippen LogP contribution in [0.4, 0.5) is 0 Å². The van der Waals surface area contributed by atoms with E-state index in [1.807, 2.05) is 18.2 Å². The van der Waals surface area contributed by atoms with Gasteiger partial charge in [0.05, 0.1) is 6.20 Å². The molecule has 0 unspecified atom stereocenters. The van der Waals surface area contributed by atoms with Gasteiger partial charge in [0, 0.05) is 11.8 Å². The van der Waals surface area contributed by atoms with Crippen molar-refractivity contribution >= 4 is 10.8 Å². The lowest BCUT2D eigenvalue weighted by molar-refractivity contribution is 0.473. The Balaban J connectivity index is 2.18. The number of benzene rings is 2. The summed E-state index contributed by atoms with van der Waals surface area (Å²) in [5.41, 5.74) is 1.99. The van der Waals surface area contributed by atoms with Crippen molar-refractivity contribution in [2.24, 2.45) is 0 Å². The van der Waals surface area contributed by atoms with Gasteiger partial charge in [0.2, 0.25) is 0 Å². The van der Waals surface area contributed by atoms with Gasteiger partial charge in [-0.1, -0.05) is 36.4 Å². The van der Waals surface area contributed by atoms with E-state index in [4.69, 9.17) is 0 Å². The van der Waals surface area contributed by atoms with E-state index in [9.17, 15) is 5.11 Å². The molecule has 0 bridgehead atoms. The average molecular weight is 221 g/mol. The van der Waals surface area contributed by atoms with Crippen molar-refractivity contribution < 1.29 is 5.11 Å². The monoisotopic (exact) mass is 221 g/mol. The molecule has 2 nitrogen and oxygen atoms in total. The fourth-order valence-corrected chi connectivity index (χ4v) is 1.95. The van der Waals surface area contributed by atoms with Crippen LogP contribution in [-0.2, 0) is 0 Å². The van der Waals surface area contributed by atoms with Gasteiger partial charge in [-0.15, -0.1) is 0 Å². The number of nitrogens with zero attached hydrogens (tertiary/aromatic N) is 1. The second-order valence-electron chi connectivity index (χ2n) is 3.99. The summed E-state index contributed by atoms with van der Waals surface area (Å²) in [4.78, 5) is 3.99. The maximum absolute atomic E-state index is 9.43. The molecule has 1 N–H and O–H groups in total. The zero-order chi connectivity index (χ0) is 11.7. The van der Waals surface area contributed by atoms with E-state index >= 15 is 0 Å². The first-order valence-electron chi connectivity index (χ1n) is 5.46. The number of aromatic hydroxyl groups is 1. The molecule has 1 aromatic heterocycles. The number of rotatable bonds is 1. The van der Waals surface area contributed by atoms with Crippen molar-refractivity contribution in [3.63, 3.8) is 0 Å². The Kier molecular flexibility index (Phi) is 2.26. The van der Waals surface area contributed by atoms with Crippen LogP contribution in [0.1, 0.15) is 0 Å². The van der Waals surface area contributed by atoms with Crippen LogP contribution in [0.5, 0.6) is 5.75 Å². The maximum Gasteiger partial charge on any atom is 0.134 e. The van der Waals surface area contributed by atoms with Crippen LogP contribution >= 0.6 is 0 Å². The molecule has 0 saturated heterocycles. The number of aromatic nitrogens is 1. The zero-order valence-electron chi connectivity index (χ0n) is 9.17. The molecule has 0 radical (unpaired) electrons. The topological polar surface area (TPSA) is 33.1 Å². The Morgan fingerprint density at radius 3 is 2.41 bits per heavy atom. The maximum atomic E-state index is 9.43. The first kappa shape index (κ1) is 9.85. The third-order valence-corrected chi connectivity index (χ3v) is 2.81. The lowest BCUT2D eigenvalue weighted by atomic mass is 10.0. The standard InChI is InChI=1S/C15H11NO/c17-15-8-14(9-16-10-15)13-6-5-11-3-1-2-4-12(11)7-13/h1-10,17H. The highest BCUT2D eigenvalue weighted by Gasteiger charge is 2.00. The summed E-state index contributed by atoms with van der Waals surface area (Å²) < 4.78 is 0. The molecule has 0 aliphatic heterocycles. The molecule has 2 aromatic carbocycles. The van der Waals surface area contributed by atoms with Crippen LogP contribution in [-0.4, -0.2) is 10.1 Å². The molecule has 0 aliphatic carbocycles. The van der Waals surface area contributed by atoms with Crippen molar-refractivity contribution in [2.45, 2.75) is 0 Å². The first-order chi connectivity index (χ1) is 8.33. The van der Waals surface area contributed by atoms with Gasteiger partial charge in [-0.2, -0.15) is 0 Å². The largest absolute Gasteiger partial charge is 0.506 e. The third kappa shape index (κ3) is 1.85. The lowest BCUT2D eigenvalue weighted by Gasteiger charge is -2.04. The molecule has 82 valence electrons. The predicted molar refractivity (Wildman–Crippen MR) is 68.8 cm³/mol. The van der Waals surface area contributed by atoms with Gasteiger partial charge >= 0.3 is 0 Å². The molecule has 3 rings (SSSR count). The summed E-state index contributed by atoms with van der Waals surface area (Å²) in [6, 6.07) is 16.1. The molecule has 0 atom stereocenters.